The van der Waals surface area contributed by atoms with Crippen LogP contribution in [0.15, 0.2) is 48.5 Å². The fourth-order valence-corrected chi connectivity index (χ4v) is 7.17. The lowest BCUT2D eigenvalue weighted by Crippen LogP contribution is -2.30. The van der Waals surface area contributed by atoms with Crippen LogP contribution in [0.2, 0.25) is 0 Å². The molecule has 4 heteroatoms. The minimum Gasteiger partial charge on any atom is -0.328 e. The summed E-state index contributed by atoms with van der Waals surface area (Å²) in [5.74, 6) is 0.754. The Morgan fingerprint density at radius 2 is 0.714 bits per heavy atom. The van der Waals surface area contributed by atoms with Crippen molar-refractivity contribution < 1.29 is 14.3 Å². The van der Waals surface area contributed by atoms with E-state index >= 15 is 0 Å². The molecule has 196 valence electrons. The molecule has 2 aromatic rings. The van der Waals surface area contributed by atoms with E-state index in [1.807, 2.05) is 0 Å². The Balaban J connectivity index is 2.46. The van der Waals surface area contributed by atoms with Crippen LogP contribution in [0.4, 0.5) is 0 Å². The molecule has 0 aliphatic rings. The second kappa shape index (κ2) is 10.6. The van der Waals surface area contributed by atoms with Crippen molar-refractivity contribution in [2.75, 3.05) is 0 Å². The van der Waals surface area contributed by atoms with Crippen molar-refractivity contribution in [2.24, 2.45) is 21.7 Å². The first-order valence-corrected chi connectivity index (χ1v) is 13.9. The third kappa shape index (κ3) is 7.86. The average molecular weight is 501 g/mol. The average Bonchev–Trinajstić information content (AvgIpc) is 2.63. The van der Waals surface area contributed by atoms with Gasteiger partial charge in [-0.25, -0.2) is 0 Å². The molecule has 0 fully saturated rings. The Morgan fingerprint density at radius 1 is 0.486 bits per heavy atom. The highest BCUT2D eigenvalue weighted by atomic mass is 31.2. The molecule has 0 bridgehead atoms. The smallest absolute Gasteiger partial charge is 0.327 e. The van der Waals surface area contributed by atoms with Gasteiger partial charge in [-0.2, -0.15) is 0 Å². The normalized spacial score (nSPS) is 14.0. The zero-order valence-electron chi connectivity index (χ0n) is 24.1. The molecule has 2 N–H and O–H groups in total. The van der Waals surface area contributed by atoms with Crippen LogP contribution >= 0.6 is 8.60 Å². The molecule has 0 unspecified atom stereocenters. The number of hydrogen-bond acceptors (Lipinski definition) is 3. The summed E-state index contributed by atoms with van der Waals surface area (Å²) in [6.45, 7) is 27.5. The quantitative estimate of drug-likeness (QED) is 0.388. The van der Waals surface area contributed by atoms with Gasteiger partial charge in [0.2, 0.25) is 0 Å². The van der Waals surface area contributed by atoms with Crippen LogP contribution < -0.4 is 0 Å². The second-order valence-electron chi connectivity index (χ2n) is 14.4. The van der Waals surface area contributed by atoms with Crippen molar-refractivity contribution in [3.05, 3.63) is 70.8 Å². The molecule has 0 saturated carbocycles. The summed E-state index contributed by atoms with van der Waals surface area (Å²) in [4.78, 5) is 19.5. The Hall–Kier alpha value is -1.25. The summed E-state index contributed by atoms with van der Waals surface area (Å²) >= 11 is 0. The predicted molar refractivity (Wildman–Crippen MR) is 150 cm³/mol. The van der Waals surface area contributed by atoms with E-state index < -0.39 is 14.7 Å². The molecule has 0 atom stereocenters. The van der Waals surface area contributed by atoms with E-state index in [2.05, 4.69) is 132 Å². The van der Waals surface area contributed by atoms with Crippen LogP contribution in [0.1, 0.15) is 123 Å². The van der Waals surface area contributed by atoms with Gasteiger partial charge < -0.3 is 9.79 Å². The maximum Gasteiger partial charge on any atom is 0.327 e. The van der Waals surface area contributed by atoms with Gasteiger partial charge >= 0.3 is 8.60 Å². The highest BCUT2D eigenvalue weighted by Crippen LogP contribution is 2.49. The third-order valence-electron chi connectivity index (χ3n) is 6.81. The van der Waals surface area contributed by atoms with Gasteiger partial charge in [0, 0.05) is 0 Å². The largest absolute Gasteiger partial charge is 0.328 e. The first kappa shape index (κ1) is 30.0. The van der Waals surface area contributed by atoms with Gasteiger partial charge in [-0.3, -0.25) is 4.52 Å². The molecule has 0 aromatic heterocycles. The molecule has 2 aromatic carbocycles. The summed E-state index contributed by atoms with van der Waals surface area (Å²) in [7, 11) is -2.50. The molecule has 0 radical (unpaired) electrons. The second-order valence-corrected chi connectivity index (χ2v) is 15.1. The van der Waals surface area contributed by atoms with Crippen LogP contribution in [-0.2, 0) is 4.52 Å². The fraction of sp³-hybridized carbons (Fsp3) is 0.613. The molecular weight excluding hydrogens is 451 g/mol. The minimum absolute atomic E-state index is 0.118. The van der Waals surface area contributed by atoms with Crippen LogP contribution in [-0.4, -0.2) is 9.79 Å². The van der Waals surface area contributed by atoms with Crippen molar-refractivity contribution in [2.45, 2.75) is 101 Å². The van der Waals surface area contributed by atoms with Crippen molar-refractivity contribution >= 4 is 8.60 Å². The Labute approximate surface area is 216 Å². The summed E-state index contributed by atoms with van der Waals surface area (Å²) < 4.78 is 5.67. The SMILES string of the molecule is CC(C)(C)C(c1ccc(C(OP(O)O)c2ccc(C(C(C)(C)C)C(C)(C)C)cc2)cc1)C(C)(C)C. The van der Waals surface area contributed by atoms with Crippen LogP contribution in [0, 0.1) is 21.7 Å². The molecule has 0 saturated heterocycles. The lowest BCUT2D eigenvalue weighted by molar-refractivity contribution is 0.176. The van der Waals surface area contributed by atoms with Crippen molar-refractivity contribution in [1.82, 2.24) is 0 Å². The molecule has 0 aliphatic heterocycles. The van der Waals surface area contributed by atoms with Gasteiger partial charge in [0.05, 0.1) is 0 Å². The lowest BCUT2D eigenvalue weighted by atomic mass is 9.63. The first-order valence-electron chi connectivity index (χ1n) is 12.8. The van der Waals surface area contributed by atoms with E-state index in [0.29, 0.717) is 11.8 Å². The monoisotopic (exact) mass is 500 g/mol. The zero-order valence-corrected chi connectivity index (χ0v) is 25.0. The van der Waals surface area contributed by atoms with E-state index in [4.69, 9.17) is 4.52 Å². The molecule has 2 rings (SSSR count). The molecular formula is C31H49O3P. The van der Waals surface area contributed by atoms with Crippen molar-refractivity contribution in [3.8, 4) is 0 Å². The number of benzene rings is 2. The molecule has 35 heavy (non-hydrogen) atoms. The molecule has 0 heterocycles. The third-order valence-corrected chi connectivity index (χ3v) is 7.21. The number of hydrogen-bond donors (Lipinski definition) is 2. The van der Waals surface area contributed by atoms with Crippen LogP contribution in [0.25, 0.3) is 0 Å². The highest BCUT2D eigenvalue weighted by molar-refractivity contribution is 7.39. The molecule has 0 aliphatic carbocycles. The Kier molecular flexibility index (Phi) is 9.10. The Bertz CT molecular complexity index is 830. The molecule has 0 spiro atoms. The van der Waals surface area contributed by atoms with Crippen molar-refractivity contribution in [3.63, 3.8) is 0 Å². The standard InChI is InChI=1S/C31H49O3P/c1-28(2,3)26(29(4,5)6)23-17-13-21(14-18-23)25(34-35(32)33)22-15-19-24(20-16-22)27(30(7,8)9)31(10,11)12/h13-20,25-27,32-33H,1-12H3. The Morgan fingerprint density at radius 3 is 0.914 bits per heavy atom. The van der Waals surface area contributed by atoms with Gasteiger partial charge in [-0.15, -0.1) is 0 Å². The summed E-state index contributed by atoms with van der Waals surface area (Å²) in [6, 6.07) is 17.0. The maximum absolute atomic E-state index is 9.76. The van der Waals surface area contributed by atoms with Gasteiger partial charge in [0.25, 0.3) is 0 Å². The predicted octanol–water partition coefficient (Wildman–Crippen LogP) is 9.36. The van der Waals surface area contributed by atoms with E-state index in [-0.39, 0.29) is 21.7 Å². The first-order chi connectivity index (χ1) is 15.7. The van der Waals surface area contributed by atoms with Gasteiger partial charge in [-0.05, 0) is 55.7 Å². The van der Waals surface area contributed by atoms with Gasteiger partial charge in [0.15, 0.2) is 0 Å². The van der Waals surface area contributed by atoms with Crippen LogP contribution in [0.5, 0.6) is 0 Å². The fourth-order valence-electron chi connectivity index (χ4n) is 6.73. The lowest BCUT2D eigenvalue weighted by Gasteiger charge is -2.41. The minimum atomic E-state index is -2.50. The highest BCUT2D eigenvalue weighted by Gasteiger charge is 2.37. The van der Waals surface area contributed by atoms with E-state index in [0.717, 1.165) is 11.1 Å². The number of rotatable bonds is 6. The summed E-state index contributed by atoms with van der Waals surface area (Å²) in [6.07, 6.45) is -0.537. The molecule has 0 amide bonds. The molecule has 3 nitrogen and oxygen atoms in total. The summed E-state index contributed by atoms with van der Waals surface area (Å²) in [5.41, 5.74) is 4.88. The topological polar surface area (TPSA) is 49.7 Å². The maximum atomic E-state index is 9.76. The van der Waals surface area contributed by atoms with E-state index in [1.165, 1.54) is 11.1 Å². The van der Waals surface area contributed by atoms with Gasteiger partial charge in [-0.1, -0.05) is 132 Å². The van der Waals surface area contributed by atoms with E-state index in [1.54, 1.807) is 0 Å². The van der Waals surface area contributed by atoms with Crippen LogP contribution in [0.3, 0.4) is 0 Å². The zero-order chi connectivity index (χ0) is 27.0. The van der Waals surface area contributed by atoms with Gasteiger partial charge in [0.1, 0.15) is 6.10 Å². The summed E-state index contributed by atoms with van der Waals surface area (Å²) in [5, 5.41) is 0. The van der Waals surface area contributed by atoms with E-state index in [9.17, 15) is 9.79 Å². The van der Waals surface area contributed by atoms with Crippen molar-refractivity contribution in [1.29, 1.82) is 0 Å².